The number of hydrogen-bond donors (Lipinski definition) is 1. The van der Waals surface area contributed by atoms with E-state index in [2.05, 4.69) is 4.98 Å². The summed E-state index contributed by atoms with van der Waals surface area (Å²) in [6.07, 6.45) is 3.15. The number of ether oxygens (including phenoxy) is 1. The van der Waals surface area contributed by atoms with E-state index in [-0.39, 0.29) is 0 Å². The van der Waals surface area contributed by atoms with Crippen molar-refractivity contribution in [2.24, 2.45) is 5.73 Å². The zero-order chi connectivity index (χ0) is 8.81. The standard InChI is InChI=1S/C8H14N2O2/c1-11-5-3-8-10-7(2-4-9)6-12-8/h6H,2-5,9H2,1H3. The van der Waals surface area contributed by atoms with Crippen LogP contribution in [0.15, 0.2) is 10.7 Å². The molecule has 1 aromatic rings. The molecule has 0 atom stereocenters. The van der Waals surface area contributed by atoms with Gasteiger partial charge in [0.1, 0.15) is 6.26 Å². The van der Waals surface area contributed by atoms with Gasteiger partial charge in [-0.05, 0) is 6.54 Å². The normalized spacial score (nSPS) is 10.5. The van der Waals surface area contributed by atoms with E-state index in [1.54, 1.807) is 13.4 Å². The summed E-state index contributed by atoms with van der Waals surface area (Å²) in [5.74, 6) is 0.723. The maximum atomic E-state index is 5.36. The molecule has 0 saturated heterocycles. The van der Waals surface area contributed by atoms with Crippen molar-refractivity contribution in [1.29, 1.82) is 0 Å². The fourth-order valence-electron chi connectivity index (χ4n) is 0.916. The van der Waals surface area contributed by atoms with Gasteiger partial charge in [-0.1, -0.05) is 0 Å². The maximum absolute atomic E-state index is 5.36. The average Bonchev–Trinajstić information content (AvgIpc) is 2.50. The van der Waals surface area contributed by atoms with Gasteiger partial charge in [-0.3, -0.25) is 0 Å². The van der Waals surface area contributed by atoms with E-state index in [9.17, 15) is 0 Å². The lowest BCUT2D eigenvalue weighted by Crippen LogP contribution is -2.03. The maximum Gasteiger partial charge on any atom is 0.196 e. The van der Waals surface area contributed by atoms with Crippen molar-refractivity contribution in [3.05, 3.63) is 17.8 Å². The van der Waals surface area contributed by atoms with E-state index in [0.717, 1.165) is 24.4 Å². The van der Waals surface area contributed by atoms with Crippen LogP contribution in [0.5, 0.6) is 0 Å². The Morgan fingerprint density at radius 1 is 1.58 bits per heavy atom. The first-order chi connectivity index (χ1) is 5.86. The second-order valence-corrected chi connectivity index (χ2v) is 2.51. The van der Waals surface area contributed by atoms with Gasteiger partial charge in [0.25, 0.3) is 0 Å². The van der Waals surface area contributed by atoms with Crippen LogP contribution in [-0.4, -0.2) is 25.2 Å². The molecule has 0 aromatic carbocycles. The van der Waals surface area contributed by atoms with Gasteiger partial charge in [-0.15, -0.1) is 0 Å². The van der Waals surface area contributed by atoms with Crippen molar-refractivity contribution >= 4 is 0 Å². The van der Waals surface area contributed by atoms with Gasteiger partial charge in [0, 0.05) is 20.0 Å². The molecule has 2 N–H and O–H groups in total. The molecule has 0 aliphatic carbocycles. The highest BCUT2D eigenvalue weighted by atomic mass is 16.5. The number of nitrogens with zero attached hydrogens (tertiary/aromatic N) is 1. The fourth-order valence-corrected chi connectivity index (χ4v) is 0.916. The van der Waals surface area contributed by atoms with Crippen LogP contribution in [0.4, 0.5) is 0 Å². The van der Waals surface area contributed by atoms with Crippen molar-refractivity contribution in [3.63, 3.8) is 0 Å². The molecular weight excluding hydrogens is 156 g/mol. The van der Waals surface area contributed by atoms with E-state index >= 15 is 0 Å². The molecule has 0 saturated carbocycles. The first-order valence-corrected chi connectivity index (χ1v) is 3.99. The Balaban J connectivity index is 2.41. The minimum Gasteiger partial charge on any atom is -0.449 e. The Morgan fingerprint density at radius 3 is 3.08 bits per heavy atom. The van der Waals surface area contributed by atoms with E-state index in [1.165, 1.54) is 0 Å². The Bertz CT molecular complexity index is 223. The topological polar surface area (TPSA) is 61.3 Å². The molecule has 0 radical (unpaired) electrons. The third-order valence-electron chi connectivity index (χ3n) is 1.52. The van der Waals surface area contributed by atoms with Gasteiger partial charge in [0.2, 0.25) is 0 Å². The minimum atomic E-state index is 0.607. The van der Waals surface area contributed by atoms with Crippen molar-refractivity contribution in [2.75, 3.05) is 20.3 Å². The van der Waals surface area contributed by atoms with Crippen LogP contribution in [0.3, 0.4) is 0 Å². The van der Waals surface area contributed by atoms with Crippen molar-refractivity contribution in [3.8, 4) is 0 Å². The second-order valence-electron chi connectivity index (χ2n) is 2.51. The zero-order valence-corrected chi connectivity index (χ0v) is 7.25. The van der Waals surface area contributed by atoms with Crippen LogP contribution in [-0.2, 0) is 17.6 Å². The van der Waals surface area contributed by atoms with E-state index in [0.29, 0.717) is 13.2 Å². The SMILES string of the molecule is COCCc1nc(CCN)co1. The molecule has 4 heteroatoms. The summed E-state index contributed by atoms with van der Waals surface area (Å²) < 4.78 is 10.1. The predicted molar refractivity (Wildman–Crippen MR) is 44.8 cm³/mol. The fraction of sp³-hybridized carbons (Fsp3) is 0.625. The van der Waals surface area contributed by atoms with Gasteiger partial charge >= 0.3 is 0 Å². The Kier molecular flexibility index (Phi) is 3.76. The summed E-state index contributed by atoms with van der Waals surface area (Å²) in [6.45, 7) is 1.25. The third-order valence-corrected chi connectivity index (χ3v) is 1.52. The monoisotopic (exact) mass is 170 g/mol. The molecule has 12 heavy (non-hydrogen) atoms. The number of aromatic nitrogens is 1. The minimum absolute atomic E-state index is 0.607. The highest BCUT2D eigenvalue weighted by Crippen LogP contribution is 2.02. The first-order valence-electron chi connectivity index (χ1n) is 3.99. The molecule has 0 aliphatic heterocycles. The molecule has 1 rings (SSSR count). The van der Waals surface area contributed by atoms with Gasteiger partial charge < -0.3 is 14.9 Å². The van der Waals surface area contributed by atoms with Crippen LogP contribution < -0.4 is 5.73 Å². The highest BCUT2D eigenvalue weighted by Gasteiger charge is 2.01. The van der Waals surface area contributed by atoms with Gasteiger partial charge in [0.15, 0.2) is 5.89 Å². The Morgan fingerprint density at radius 2 is 2.42 bits per heavy atom. The lowest BCUT2D eigenvalue weighted by molar-refractivity contribution is 0.195. The summed E-state index contributed by atoms with van der Waals surface area (Å²) in [4.78, 5) is 4.21. The molecular formula is C8H14N2O2. The summed E-state index contributed by atoms with van der Waals surface area (Å²) in [5.41, 5.74) is 6.28. The first kappa shape index (κ1) is 9.22. The van der Waals surface area contributed by atoms with Crippen LogP contribution in [0.25, 0.3) is 0 Å². The number of methoxy groups -OCH3 is 1. The van der Waals surface area contributed by atoms with Gasteiger partial charge in [-0.2, -0.15) is 0 Å². The predicted octanol–water partition coefficient (Wildman–Crippen LogP) is 0.365. The van der Waals surface area contributed by atoms with Crippen molar-refractivity contribution < 1.29 is 9.15 Å². The molecule has 4 nitrogen and oxygen atoms in total. The number of rotatable bonds is 5. The summed E-state index contributed by atoms with van der Waals surface area (Å²) >= 11 is 0. The van der Waals surface area contributed by atoms with E-state index in [4.69, 9.17) is 14.9 Å². The molecule has 1 heterocycles. The van der Waals surface area contributed by atoms with Gasteiger partial charge in [0.05, 0.1) is 12.3 Å². The second kappa shape index (κ2) is 4.90. The molecule has 1 aromatic heterocycles. The van der Waals surface area contributed by atoms with Crippen molar-refractivity contribution in [1.82, 2.24) is 4.98 Å². The van der Waals surface area contributed by atoms with Crippen LogP contribution in [0, 0.1) is 0 Å². The lowest BCUT2D eigenvalue weighted by Gasteiger charge is -1.91. The molecule has 0 spiro atoms. The third kappa shape index (κ3) is 2.64. The smallest absolute Gasteiger partial charge is 0.196 e. The van der Waals surface area contributed by atoms with Crippen molar-refractivity contribution in [2.45, 2.75) is 12.8 Å². The van der Waals surface area contributed by atoms with E-state index < -0.39 is 0 Å². The Hall–Kier alpha value is -0.870. The molecule has 0 aliphatic rings. The molecule has 0 amide bonds. The van der Waals surface area contributed by atoms with Gasteiger partial charge in [-0.25, -0.2) is 4.98 Å². The van der Waals surface area contributed by atoms with Crippen LogP contribution >= 0.6 is 0 Å². The number of hydrogen-bond acceptors (Lipinski definition) is 4. The summed E-state index contributed by atoms with van der Waals surface area (Å²) in [5, 5.41) is 0. The number of oxazole rings is 1. The lowest BCUT2D eigenvalue weighted by atomic mass is 10.3. The molecule has 0 bridgehead atoms. The Labute approximate surface area is 71.7 Å². The zero-order valence-electron chi connectivity index (χ0n) is 7.25. The quantitative estimate of drug-likeness (QED) is 0.693. The van der Waals surface area contributed by atoms with Crippen LogP contribution in [0.1, 0.15) is 11.6 Å². The summed E-state index contributed by atoms with van der Waals surface area (Å²) in [7, 11) is 1.66. The summed E-state index contributed by atoms with van der Waals surface area (Å²) in [6, 6.07) is 0. The molecule has 0 fully saturated rings. The largest absolute Gasteiger partial charge is 0.449 e. The number of nitrogens with two attached hydrogens (primary N) is 1. The van der Waals surface area contributed by atoms with Crippen LogP contribution in [0.2, 0.25) is 0 Å². The average molecular weight is 170 g/mol. The molecule has 68 valence electrons. The highest BCUT2D eigenvalue weighted by molar-refractivity contribution is 4.97. The molecule has 0 unspecified atom stereocenters. The van der Waals surface area contributed by atoms with E-state index in [1.807, 2.05) is 0 Å².